The van der Waals surface area contributed by atoms with Gasteiger partial charge in [0.1, 0.15) is 6.35 Å². The number of ether oxygens (including phenoxy) is 1. The number of rotatable bonds is 5. The second-order valence-electron chi connectivity index (χ2n) is 2.01. The van der Waals surface area contributed by atoms with E-state index in [0.29, 0.717) is 6.61 Å². The van der Waals surface area contributed by atoms with Crippen molar-refractivity contribution in [2.45, 2.75) is 19.8 Å². The molecule has 0 aromatic rings. The van der Waals surface area contributed by atoms with Crippen molar-refractivity contribution in [1.29, 1.82) is 0 Å². The van der Waals surface area contributed by atoms with Gasteiger partial charge in [-0.15, -0.1) is 0 Å². The lowest BCUT2D eigenvalue weighted by Gasteiger charge is -2.02. The fourth-order valence-electron chi connectivity index (χ4n) is 0.424. The molecule has 0 heterocycles. The summed E-state index contributed by atoms with van der Waals surface area (Å²) in [6, 6.07) is 0. The van der Waals surface area contributed by atoms with Crippen molar-refractivity contribution in [3.05, 3.63) is 0 Å². The van der Waals surface area contributed by atoms with Crippen molar-refractivity contribution in [2.75, 3.05) is 13.0 Å². The summed E-state index contributed by atoms with van der Waals surface area (Å²) in [6.45, 7) is -0.932. The Kier molecular flexibility index (Phi) is 5.36. The fourth-order valence-corrected chi connectivity index (χ4v) is 0.985. The van der Waals surface area contributed by atoms with Gasteiger partial charge in [0.25, 0.3) is 0 Å². The van der Waals surface area contributed by atoms with E-state index in [1.165, 1.54) is 0 Å². The average Bonchev–Trinajstić information content (AvgIpc) is 1.78. The Morgan fingerprint density at radius 3 is 2.70 bits per heavy atom. The molecule has 1 unspecified atom stereocenters. The van der Waals surface area contributed by atoms with Crippen molar-refractivity contribution < 1.29 is 14.2 Å². The van der Waals surface area contributed by atoms with Gasteiger partial charge in [-0.3, -0.25) is 4.57 Å². The van der Waals surface area contributed by atoms with Crippen LogP contribution < -0.4 is 0 Å². The molecular weight excluding hydrogens is 174 g/mol. The molecule has 0 saturated heterocycles. The van der Waals surface area contributed by atoms with Gasteiger partial charge in [0.2, 0.25) is 0 Å². The average molecular weight is 187 g/mol. The molecule has 0 rings (SSSR count). The van der Waals surface area contributed by atoms with E-state index in [-0.39, 0.29) is 6.35 Å². The second-order valence-corrected chi connectivity index (χ2v) is 5.08. The standard InChI is InChI=1S/C5H12ClO3P/c1-2-3-4-9-5-10(6,7)8/h2-5H2,1H3,(H,7,8). The minimum Gasteiger partial charge on any atom is -0.370 e. The normalized spacial score (nSPS) is 16.7. The van der Waals surface area contributed by atoms with Crippen molar-refractivity contribution >= 4 is 18.0 Å². The summed E-state index contributed by atoms with van der Waals surface area (Å²) < 4.78 is 15.2. The summed E-state index contributed by atoms with van der Waals surface area (Å²) in [5, 5.41) is 0. The molecule has 0 aromatic heterocycles. The molecule has 0 bridgehead atoms. The van der Waals surface area contributed by atoms with Gasteiger partial charge in [-0.2, -0.15) is 0 Å². The number of unbranched alkanes of at least 4 members (excludes halogenated alkanes) is 1. The van der Waals surface area contributed by atoms with Crippen LogP contribution in [0.4, 0.5) is 0 Å². The van der Waals surface area contributed by atoms with Gasteiger partial charge in [0, 0.05) is 6.61 Å². The lowest BCUT2D eigenvalue weighted by Crippen LogP contribution is -1.94. The minimum atomic E-state index is -3.46. The van der Waals surface area contributed by atoms with Crippen LogP contribution in [0.15, 0.2) is 0 Å². The highest BCUT2D eigenvalue weighted by molar-refractivity contribution is 7.84. The molecule has 0 fully saturated rings. The third kappa shape index (κ3) is 8.44. The second kappa shape index (κ2) is 5.14. The van der Waals surface area contributed by atoms with Crippen molar-refractivity contribution in [1.82, 2.24) is 0 Å². The van der Waals surface area contributed by atoms with Gasteiger partial charge in [0.05, 0.1) is 0 Å². The molecule has 0 saturated carbocycles. The summed E-state index contributed by atoms with van der Waals surface area (Å²) in [6.07, 6.45) is 1.67. The van der Waals surface area contributed by atoms with Gasteiger partial charge in [-0.1, -0.05) is 13.3 Å². The summed E-state index contributed by atoms with van der Waals surface area (Å²) in [5.74, 6) is 0. The van der Waals surface area contributed by atoms with Gasteiger partial charge in [-0.05, 0) is 17.7 Å². The van der Waals surface area contributed by atoms with Crippen LogP contribution in [0, 0.1) is 0 Å². The van der Waals surface area contributed by atoms with Gasteiger partial charge in [0.15, 0.2) is 0 Å². The number of halogens is 1. The molecule has 0 aromatic carbocycles. The molecule has 0 aliphatic heterocycles. The zero-order chi connectivity index (χ0) is 8.04. The molecule has 1 atom stereocenters. The first-order chi connectivity index (χ1) is 4.56. The van der Waals surface area contributed by atoms with Crippen LogP contribution in [0.1, 0.15) is 19.8 Å². The molecule has 3 nitrogen and oxygen atoms in total. The Hall–Kier alpha value is 0.440. The van der Waals surface area contributed by atoms with E-state index in [2.05, 4.69) is 0 Å². The topological polar surface area (TPSA) is 46.5 Å². The summed E-state index contributed by atoms with van der Waals surface area (Å²) in [5.41, 5.74) is 0. The quantitative estimate of drug-likeness (QED) is 0.529. The van der Waals surface area contributed by atoms with E-state index >= 15 is 0 Å². The Morgan fingerprint density at radius 1 is 1.70 bits per heavy atom. The minimum absolute atomic E-state index is 0.242. The maximum atomic E-state index is 10.4. The Balaban J connectivity index is 3.13. The van der Waals surface area contributed by atoms with E-state index in [9.17, 15) is 4.57 Å². The van der Waals surface area contributed by atoms with Gasteiger partial charge in [-0.25, -0.2) is 0 Å². The first-order valence-corrected chi connectivity index (χ1v) is 5.90. The van der Waals surface area contributed by atoms with Gasteiger partial charge < -0.3 is 9.63 Å². The SMILES string of the molecule is CCCCOCP(=O)(O)Cl. The van der Waals surface area contributed by atoms with Crippen LogP contribution >= 0.6 is 18.0 Å². The van der Waals surface area contributed by atoms with E-state index in [1.54, 1.807) is 0 Å². The van der Waals surface area contributed by atoms with Crippen molar-refractivity contribution in [2.24, 2.45) is 0 Å². The van der Waals surface area contributed by atoms with Crippen LogP contribution in [0.25, 0.3) is 0 Å². The van der Waals surface area contributed by atoms with Crippen LogP contribution in [-0.4, -0.2) is 17.8 Å². The highest BCUT2D eigenvalue weighted by Gasteiger charge is 2.11. The third-order valence-corrected chi connectivity index (χ3v) is 1.69. The highest BCUT2D eigenvalue weighted by atomic mass is 35.7. The first kappa shape index (κ1) is 10.4. The molecule has 0 aliphatic carbocycles. The Morgan fingerprint density at radius 2 is 2.30 bits per heavy atom. The Labute approximate surface area is 65.6 Å². The summed E-state index contributed by atoms with van der Waals surface area (Å²) in [7, 11) is 0. The maximum Gasteiger partial charge on any atom is 0.312 e. The molecule has 0 radical (unpaired) electrons. The van der Waals surface area contributed by atoms with Crippen LogP contribution in [0.2, 0.25) is 0 Å². The van der Waals surface area contributed by atoms with Crippen LogP contribution in [-0.2, 0) is 9.30 Å². The third-order valence-electron chi connectivity index (χ3n) is 0.893. The molecule has 5 heteroatoms. The lowest BCUT2D eigenvalue weighted by molar-refractivity contribution is 0.167. The number of hydrogen-bond acceptors (Lipinski definition) is 2. The van der Waals surface area contributed by atoms with Crippen molar-refractivity contribution in [3.63, 3.8) is 0 Å². The van der Waals surface area contributed by atoms with E-state index in [0.717, 1.165) is 12.8 Å². The smallest absolute Gasteiger partial charge is 0.312 e. The predicted molar refractivity (Wildman–Crippen MR) is 41.4 cm³/mol. The fraction of sp³-hybridized carbons (Fsp3) is 1.00. The predicted octanol–water partition coefficient (Wildman–Crippen LogP) is 2.18. The largest absolute Gasteiger partial charge is 0.370 e. The molecule has 1 N–H and O–H groups in total. The molecule has 10 heavy (non-hydrogen) atoms. The van der Waals surface area contributed by atoms with E-state index in [1.807, 2.05) is 6.92 Å². The monoisotopic (exact) mass is 186 g/mol. The zero-order valence-electron chi connectivity index (χ0n) is 5.92. The lowest BCUT2D eigenvalue weighted by atomic mass is 10.4. The highest BCUT2D eigenvalue weighted by Crippen LogP contribution is 2.45. The van der Waals surface area contributed by atoms with E-state index in [4.69, 9.17) is 20.9 Å². The maximum absolute atomic E-state index is 10.4. The summed E-state index contributed by atoms with van der Waals surface area (Å²) >= 11 is 5.00. The molecule has 0 aliphatic rings. The van der Waals surface area contributed by atoms with E-state index < -0.39 is 6.72 Å². The van der Waals surface area contributed by atoms with Crippen LogP contribution in [0.3, 0.4) is 0 Å². The molecular formula is C5H12ClO3P. The first-order valence-electron chi connectivity index (χ1n) is 3.15. The summed E-state index contributed by atoms with van der Waals surface area (Å²) in [4.78, 5) is 8.51. The molecule has 0 spiro atoms. The number of hydrogen-bond donors (Lipinski definition) is 1. The van der Waals surface area contributed by atoms with Crippen LogP contribution in [0.5, 0.6) is 0 Å². The molecule has 0 amide bonds. The Bertz CT molecular complexity index is 122. The zero-order valence-corrected chi connectivity index (χ0v) is 7.57. The van der Waals surface area contributed by atoms with Crippen molar-refractivity contribution in [3.8, 4) is 0 Å². The van der Waals surface area contributed by atoms with Gasteiger partial charge >= 0.3 is 6.72 Å². The molecule has 62 valence electrons.